The maximum Gasteiger partial charge on any atom is 0.217 e. The molecule has 210 valence electrons. The van der Waals surface area contributed by atoms with Gasteiger partial charge in [-0.3, -0.25) is 4.79 Å². The highest BCUT2D eigenvalue weighted by Crippen LogP contribution is 2.32. The molecule has 0 aromatic rings. The predicted molar refractivity (Wildman–Crippen MR) is 111 cm³/mol. The lowest BCUT2D eigenvalue weighted by Gasteiger charge is -2.49. The number of hydrogen-bond acceptors (Lipinski definition) is 15. The molecule has 3 aliphatic heterocycles. The zero-order chi connectivity index (χ0) is 26.9. The van der Waals surface area contributed by atoms with Crippen LogP contribution in [0.1, 0.15) is 13.8 Å². The number of rotatable bonds is 7. The normalized spacial score (nSPS) is 50.0. The summed E-state index contributed by atoms with van der Waals surface area (Å²) in [5, 5.41) is 93.5. The molecule has 0 radical (unpaired) electrons. The van der Waals surface area contributed by atoms with Gasteiger partial charge in [-0.05, 0) is 6.92 Å². The van der Waals surface area contributed by atoms with Crippen molar-refractivity contribution in [3.63, 3.8) is 0 Å². The summed E-state index contributed by atoms with van der Waals surface area (Å²) in [6.45, 7) is 1.01. The Balaban J connectivity index is 1.89. The second-order valence-corrected chi connectivity index (χ2v) is 9.05. The van der Waals surface area contributed by atoms with Crippen LogP contribution >= 0.6 is 0 Å². The van der Waals surface area contributed by atoms with E-state index < -0.39 is 111 Å². The molecular weight excluding hydrogens is 494 g/mol. The summed E-state index contributed by atoms with van der Waals surface area (Å²) < 4.78 is 27.3. The Hall–Kier alpha value is -1.09. The lowest BCUT2D eigenvalue weighted by atomic mass is 9.94. The summed E-state index contributed by atoms with van der Waals surface area (Å²) in [5.41, 5.74) is 0. The number of ether oxygens (including phenoxy) is 5. The molecule has 0 saturated carbocycles. The number of hydrogen-bond donors (Lipinski definition) is 10. The van der Waals surface area contributed by atoms with Crippen LogP contribution in [0, 0.1) is 0 Å². The first kappa shape index (κ1) is 29.5. The minimum atomic E-state index is -1.86. The van der Waals surface area contributed by atoms with E-state index in [1.54, 1.807) is 0 Å². The van der Waals surface area contributed by atoms with Crippen molar-refractivity contribution in [2.24, 2.45) is 0 Å². The minimum Gasteiger partial charge on any atom is -0.394 e. The highest BCUT2D eigenvalue weighted by molar-refractivity contribution is 5.73. The molecule has 1 amide bonds. The number of amides is 1. The molecule has 10 N–H and O–H groups in total. The van der Waals surface area contributed by atoms with Crippen molar-refractivity contribution in [1.82, 2.24) is 5.32 Å². The quantitative estimate of drug-likeness (QED) is 0.147. The fourth-order valence-electron chi connectivity index (χ4n) is 4.40. The van der Waals surface area contributed by atoms with Crippen LogP contribution < -0.4 is 5.32 Å². The van der Waals surface area contributed by atoms with Gasteiger partial charge < -0.3 is 75.0 Å². The first-order valence-corrected chi connectivity index (χ1v) is 11.4. The van der Waals surface area contributed by atoms with Crippen LogP contribution in [-0.4, -0.2) is 157 Å². The Kier molecular flexibility index (Phi) is 9.97. The number of aliphatic hydroxyl groups is 9. The molecule has 3 rings (SSSR count). The van der Waals surface area contributed by atoms with E-state index in [0.29, 0.717) is 0 Å². The van der Waals surface area contributed by atoms with Gasteiger partial charge in [0.2, 0.25) is 5.91 Å². The average molecular weight is 529 g/mol. The summed E-state index contributed by atoms with van der Waals surface area (Å²) in [4.78, 5) is 12.0. The van der Waals surface area contributed by atoms with Gasteiger partial charge in [-0.2, -0.15) is 0 Å². The van der Waals surface area contributed by atoms with Gasteiger partial charge in [-0.15, -0.1) is 0 Å². The number of nitrogens with one attached hydrogen (secondary N) is 1. The first-order chi connectivity index (χ1) is 16.9. The van der Waals surface area contributed by atoms with E-state index in [1.165, 1.54) is 6.92 Å². The van der Waals surface area contributed by atoms with E-state index in [2.05, 4.69) is 5.32 Å². The van der Waals surface area contributed by atoms with Crippen LogP contribution in [-0.2, 0) is 28.5 Å². The highest BCUT2D eigenvalue weighted by atomic mass is 16.7. The van der Waals surface area contributed by atoms with Gasteiger partial charge in [-0.1, -0.05) is 0 Å². The van der Waals surface area contributed by atoms with Crippen LogP contribution in [0.4, 0.5) is 0 Å². The maximum absolute atomic E-state index is 12.0. The number of carbonyl (C=O) groups is 1. The third kappa shape index (κ3) is 5.97. The van der Waals surface area contributed by atoms with Crippen molar-refractivity contribution in [1.29, 1.82) is 0 Å². The first-order valence-electron chi connectivity index (χ1n) is 11.4. The zero-order valence-electron chi connectivity index (χ0n) is 19.5. The van der Waals surface area contributed by atoms with Gasteiger partial charge in [0.05, 0.1) is 19.3 Å². The van der Waals surface area contributed by atoms with Crippen molar-refractivity contribution < 1.29 is 74.4 Å². The monoisotopic (exact) mass is 529 g/mol. The standard InChI is InChI=1S/C20H35NO15/c1-5-10(25)13(28)14(29)20(32-5)35-16-9(21-6(2)24)19(34-8(4-23)11(16)26)36-17-12(27)7(3-22)33-18(31)15(17)30/h5,7-20,22-23,25-31H,3-4H2,1-2H3,(H,21,24)/t5-,7+,8+,9+,10+,11+,12-,13+,14-,15+,16+,17-,18+,19-,20-/m0/s1. The topological polar surface area (TPSA) is 257 Å². The Morgan fingerprint density at radius 2 is 1.28 bits per heavy atom. The summed E-state index contributed by atoms with van der Waals surface area (Å²) in [6.07, 6.45) is -22.0. The molecule has 0 aromatic heterocycles. The molecule has 3 heterocycles. The predicted octanol–water partition coefficient (Wildman–Crippen LogP) is -6.40. The molecule has 3 fully saturated rings. The third-order valence-electron chi connectivity index (χ3n) is 6.45. The molecule has 36 heavy (non-hydrogen) atoms. The van der Waals surface area contributed by atoms with E-state index >= 15 is 0 Å². The second kappa shape index (κ2) is 12.2. The molecule has 3 saturated heterocycles. The van der Waals surface area contributed by atoms with Crippen LogP contribution in [0.25, 0.3) is 0 Å². The fourth-order valence-corrected chi connectivity index (χ4v) is 4.40. The summed E-state index contributed by atoms with van der Waals surface area (Å²) in [7, 11) is 0. The average Bonchev–Trinajstić information content (AvgIpc) is 2.83. The second-order valence-electron chi connectivity index (χ2n) is 9.05. The Morgan fingerprint density at radius 3 is 1.86 bits per heavy atom. The van der Waals surface area contributed by atoms with Gasteiger partial charge in [0.15, 0.2) is 18.9 Å². The van der Waals surface area contributed by atoms with Crippen LogP contribution in [0.5, 0.6) is 0 Å². The fraction of sp³-hybridized carbons (Fsp3) is 0.950. The smallest absolute Gasteiger partial charge is 0.217 e. The molecule has 0 bridgehead atoms. The third-order valence-corrected chi connectivity index (χ3v) is 6.45. The molecule has 3 aliphatic rings. The Bertz CT molecular complexity index is 731. The zero-order valence-corrected chi connectivity index (χ0v) is 19.5. The van der Waals surface area contributed by atoms with E-state index in [-0.39, 0.29) is 0 Å². The van der Waals surface area contributed by atoms with Crippen molar-refractivity contribution in [2.75, 3.05) is 13.2 Å². The van der Waals surface area contributed by atoms with Crippen molar-refractivity contribution in [3.8, 4) is 0 Å². The largest absolute Gasteiger partial charge is 0.394 e. The van der Waals surface area contributed by atoms with E-state index in [1.807, 2.05) is 0 Å². The molecular formula is C20H35NO15. The van der Waals surface area contributed by atoms with Crippen molar-refractivity contribution >= 4 is 5.91 Å². The number of aliphatic hydroxyl groups excluding tert-OH is 9. The summed E-state index contributed by atoms with van der Waals surface area (Å²) in [5.74, 6) is -0.657. The maximum atomic E-state index is 12.0. The van der Waals surface area contributed by atoms with Crippen LogP contribution in [0.15, 0.2) is 0 Å². The van der Waals surface area contributed by atoms with Gasteiger partial charge in [0, 0.05) is 6.92 Å². The van der Waals surface area contributed by atoms with Gasteiger partial charge >= 0.3 is 0 Å². The van der Waals surface area contributed by atoms with E-state index in [9.17, 15) is 50.8 Å². The Labute approximate surface area is 205 Å². The lowest BCUT2D eigenvalue weighted by Crippen LogP contribution is -2.69. The molecule has 16 heteroatoms. The molecule has 0 aromatic carbocycles. The highest BCUT2D eigenvalue weighted by Gasteiger charge is 2.53. The van der Waals surface area contributed by atoms with Gasteiger partial charge in [-0.25, -0.2) is 0 Å². The van der Waals surface area contributed by atoms with Crippen LogP contribution in [0.2, 0.25) is 0 Å². The van der Waals surface area contributed by atoms with Crippen molar-refractivity contribution in [3.05, 3.63) is 0 Å². The van der Waals surface area contributed by atoms with Crippen molar-refractivity contribution in [2.45, 2.75) is 106 Å². The Morgan fingerprint density at radius 1 is 0.722 bits per heavy atom. The van der Waals surface area contributed by atoms with Gasteiger partial charge in [0.1, 0.15) is 67.1 Å². The molecule has 0 aliphatic carbocycles. The lowest BCUT2D eigenvalue weighted by molar-refractivity contribution is -0.362. The number of carbonyl (C=O) groups excluding carboxylic acids is 1. The van der Waals surface area contributed by atoms with E-state index in [0.717, 1.165) is 6.92 Å². The SMILES string of the molecule is CC(=O)N[C@H]1[C@H](O[C@@H]2[C@@H](O)[C@H](O)O[C@H](CO)[C@@H]2O)O[C@H](CO)[C@@H](O)[C@@H]1O[C@@H]1O[C@@H](C)[C@@H](O)[C@@H](O)[C@@H]1O. The molecule has 0 spiro atoms. The van der Waals surface area contributed by atoms with Gasteiger partial charge in [0.25, 0.3) is 0 Å². The summed E-state index contributed by atoms with van der Waals surface area (Å²) >= 11 is 0. The molecule has 0 unspecified atom stereocenters. The minimum absolute atomic E-state index is 0.657. The van der Waals surface area contributed by atoms with E-state index in [4.69, 9.17) is 23.7 Å². The van der Waals surface area contributed by atoms with Crippen LogP contribution in [0.3, 0.4) is 0 Å². The molecule has 15 atom stereocenters. The molecule has 16 nitrogen and oxygen atoms in total. The summed E-state index contributed by atoms with van der Waals surface area (Å²) in [6, 6.07) is -1.41.